The van der Waals surface area contributed by atoms with Crippen molar-refractivity contribution >= 4 is 0 Å². The Morgan fingerprint density at radius 3 is 2.30 bits per heavy atom. The van der Waals surface area contributed by atoms with E-state index in [1.807, 2.05) is 12.2 Å². The van der Waals surface area contributed by atoms with E-state index < -0.39 is 0 Å². The molecule has 1 aliphatic carbocycles. The van der Waals surface area contributed by atoms with Crippen LogP contribution < -0.4 is 0 Å². The SMILES string of the molecule is [C-]1=CC=CC1.[CH2-]CCC.[Fe+2]. The molecule has 0 fully saturated rings. The van der Waals surface area contributed by atoms with Crippen LogP contribution >= 0.6 is 0 Å². The third-order valence-corrected chi connectivity index (χ3v) is 0.939. The zero-order valence-corrected chi connectivity index (χ0v) is 7.52. The minimum absolute atomic E-state index is 0. The van der Waals surface area contributed by atoms with Gasteiger partial charge in [-0.2, -0.15) is 12.5 Å². The summed E-state index contributed by atoms with van der Waals surface area (Å²) in [6.45, 7) is 5.72. The van der Waals surface area contributed by atoms with Crippen LogP contribution in [0.15, 0.2) is 18.2 Å². The quantitative estimate of drug-likeness (QED) is 0.427. The second kappa shape index (κ2) is 11.8. The molecule has 0 saturated heterocycles. The molecule has 0 aliphatic heterocycles. The maximum Gasteiger partial charge on any atom is 2.00 e. The third kappa shape index (κ3) is 10.9. The van der Waals surface area contributed by atoms with Crippen molar-refractivity contribution in [2.45, 2.75) is 26.2 Å². The van der Waals surface area contributed by atoms with Gasteiger partial charge in [0.05, 0.1) is 0 Å². The first kappa shape index (κ1) is 12.7. The zero-order valence-electron chi connectivity index (χ0n) is 6.41. The Bertz CT molecular complexity index is 80.9. The molecule has 1 heteroatoms. The van der Waals surface area contributed by atoms with Crippen molar-refractivity contribution in [2.75, 3.05) is 0 Å². The van der Waals surface area contributed by atoms with Crippen molar-refractivity contribution < 1.29 is 17.1 Å². The van der Waals surface area contributed by atoms with Crippen LogP contribution in [0.4, 0.5) is 0 Å². The Morgan fingerprint density at radius 1 is 1.60 bits per heavy atom. The number of hydrogen-bond donors (Lipinski definition) is 0. The second-order valence-electron chi connectivity index (χ2n) is 1.86. The van der Waals surface area contributed by atoms with E-state index in [1.165, 1.54) is 6.42 Å². The molecule has 0 spiro atoms. The molecule has 1 rings (SSSR count). The number of unbranched alkanes of at least 4 members (excludes halogenated alkanes) is 1. The Kier molecular flexibility index (Phi) is 14.9. The van der Waals surface area contributed by atoms with Crippen LogP contribution in [0.25, 0.3) is 0 Å². The first-order valence-corrected chi connectivity index (χ1v) is 3.42. The van der Waals surface area contributed by atoms with Gasteiger partial charge in [0.15, 0.2) is 0 Å². The molecule has 0 N–H and O–H groups in total. The summed E-state index contributed by atoms with van der Waals surface area (Å²) < 4.78 is 0. The predicted octanol–water partition coefficient (Wildman–Crippen LogP) is 2.92. The van der Waals surface area contributed by atoms with E-state index in [1.54, 1.807) is 0 Å². The van der Waals surface area contributed by atoms with Crippen molar-refractivity contribution in [1.82, 2.24) is 0 Å². The standard InChI is InChI=1S/C5H5.C4H9.Fe/c1-2-4-5-3-1;1-3-4-2;/h1-3H,4H2;1,3-4H2,2H3;/q2*-1;+2. The van der Waals surface area contributed by atoms with Crippen LogP contribution in [0.3, 0.4) is 0 Å². The Morgan fingerprint density at radius 2 is 2.20 bits per heavy atom. The second-order valence-corrected chi connectivity index (χ2v) is 1.86. The maximum absolute atomic E-state index is 3.60. The number of hydrogen-bond acceptors (Lipinski definition) is 0. The van der Waals surface area contributed by atoms with Gasteiger partial charge >= 0.3 is 17.1 Å². The minimum Gasteiger partial charge on any atom is -0.343 e. The predicted molar refractivity (Wildman–Crippen MR) is 41.8 cm³/mol. The molecule has 0 radical (unpaired) electrons. The minimum atomic E-state index is 0. The Balaban J connectivity index is 0. The van der Waals surface area contributed by atoms with Gasteiger partial charge in [-0.05, 0) is 0 Å². The van der Waals surface area contributed by atoms with E-state index in [4.69, 9.17) is 0 Å². The third-order valence-electron chi connectivity index (χ3n) is 0.939. The molecular weight excluding hydrogens is 164 g/mol. The van der Waals surface area contributed by atoms with E-state index in [0.717, 1.165) is 12.8 Å². The smallest absolute Gasteiger partial charge is 0.343 e. The monoisotopic (exact) mass is 178 g/mol. The summed E-state index contributed by atoms with van der Waals surface area (Å²) in [5, 5.41) is 0. The summed E-state index contributed by atoms with van der Waals surface area (Å²) >= 11 is 0. The topological polar surface area (TPSA) is 0 Å². The van der Waals surface area contributed by atoms with Gasteiger partial charge in [0.2, 0.25) is 0 Å². The fourth-order valence-corrected chi connectivity index (χ4v) is 0.340. The van der Waals surface area contributed by atoms with E-state index in [9.17, 15) is 0 Å². The van der Waals surface area contributed by atoms with Gasteiger partial charge in [-0.15, -0.1) is 6.42 Å². The molecule has 0 bridgehead atoms. The summed E-state index contributed by atoms with van der Waals surface area (Å²) in [7, 11) is 0. The average Bonchev–Trinajstić information content (AvgIpc) is 2.43. The molecule has 0 amide bonds. The largest absolute Gasteiger partial charge is 2.00 e. The van der Waals surface area contributed by atoms with Crippen molar-refractivity contribution in [3.63, 3.8) is 0 Å². The van der Waals surface area contributed by atoms with Crippen molar-refractivity contribution in [3.8, 4) is 0 Å². The van der Waals surface area contributed by atoms with Crippen LogP contribution in [-0.2, 0) is 17.1 Å². The Hall–Kier alpha value is -0.000519. The molecule has 0 aromatic rings. The van der Waals surface area contributed by atoms with Crippen molar-refractivity contribution in [2.24, 2.45) is 0 Å². The average molecular weight is 178 g/mol. The molecule has 10 heavy (non-hydrogen) atoms. The van der Waals surface area contributed by atoms with Crippen LogP contribution in [0.1, 0.15) is 26.2 Å². The van der Waals surface area contributed by atoms with Gasteiger partial charge in [0.1, 0.15) is 0 Å². The fourth-order valence-electron chi connectivity index (χ4n) is 0.340. The van der Waals surface area contributed by atoms with Crippen LogP contribution in [0.5, 0.6) is 0 Å². The van der Waals surface area contributed by atoms with Crippen LogP contribution in [0.2, 0.25) is 0 Å². The molecule has 0 heterocycles. The van der Waals surface area contributed by atoms with Gasteiger partial charge in [-0.1, -0.05) is 13.3 Å². The molecule has 0 unspecified atom stereocenters. The van der Waals surface area contributed by atoms with E-state index >= 15 is 0 Å². The molecule has 1 aliphatic rings. The molecular formula is C9H14Fe. The van der Waals surface area contributed by atoms with Gasteiger partial charge in [-0.3, -0.25) is 6.08 Å². The van der Waals surface area contributed by atoms with Crippen LogP contribution in [0, 0.1) is 13.0 Å². The molecule has 0 atom stereocenters. The normalized spacial score (nSPS) is 11.8. The van der Waals surface area contributed by atoms with Gasteiger partial charge in [0, 0.05) is 0 Å². The van der Waals surface area contributed by atoms with Crippen LogP contribution in [-0.4, -0.2) is 0 Å². The summed E-state index contributed by atoms with van der Waals surface area (Å²) in [5.41, 5.74) is 0. The fraction of sp³-hybridized carbons (Fsp3) is 0.444. The van der Waals surface area contributed by atoms with E-state index in [-0.39, 0.29) is 17.1 Å². The molecule has 0 aromatic heterocycles. The van der Waals surface area contributed by atoms with Crippen molar-refractivity contribution in [3.05, 3.63) is 31.2 Å². The molecule has 58 valence electrons. The number of rotatable bonds is 1. The van der Waals surface area contributed by atoms with E-state index in [0.29, 0.717) is 0 Å². The van der Waals surface area contributed by atoms with Gasteiger partial charge in [-0.25, -0.2) is 12.2 Å². The summed E-state index contributed by atoms with van der Waals surface area (Å²) in [4.78, 5) is 0. The first-order chi connectivity index (χ1) is 4.41. The molecule has 0 saturated carbocycles. The maximum atomic E-state index is 3.60. The molecule has 0 aromatic carbocycles. The zero-order chi connectivity index (χ0) is 6.95. The van der Waals surface area contributed by atoms with Gasteiger partial charge < -0.3 is 6.92 Å². The summed E-state index contributed by atoms with van der Waals surface area (Å²) in [6.07, 6.45) is 12.3. The summed E-state index contributed by atoms with van der Waals surface area (Å²) in [6, 6.07) is 0. The first-order valence-electron chi connectivity index (χ1n) is 3.42. The Labute approximate surface area is 74.9 Å². The van der Waals surface area contributed by atoms with E-state index in [2.05, 4.69) is 26.0 Å². The van der Waals surface area contributed by atoms with Gasteiger partial charge in [0.25, 0.3) is 0 Å². The summed E-state index contributed by atoms with van der Waals surface area (Å²) in [5.74, 6) is 0. The number of allylic oxidation sites excluding steroid dienone is 4. The molecule has 0 nitrogen and oxygen atoms in total. The van der Waals surface area contributed by atoms with Crippen molar-refractivity contribution in [1.29, 1.82) is 0 Å².